The largest absolute Gasteiger partial charge is 0.320 e. The smallest absolute Gasteiger partial charge is 0.243 e. The molecule has 1 rings (SSSR count). The number of nitrogens with two attached hydrogens (primary N) is 1. The molecule has 0 aliphatic carbocycles. The second kappa shape index (κ2) is 5.12. The zero-order valence-electron chi connectivity index (χ0n) is 10.4. The Bertz CT molecular complexity index is 365. The maximum absolute atomic E-state index is 12.0. The van der Waals surface area contributed by atoms with Crippen molar-refractivity contribution in [3.05, 3.63) is 29.3 Å². The van der Waals surface area contributed by atoms with Gasteiger partial charge in [-0.05, 0) is 38.8 Å². The zero-order valence-corrected chi connectivity index (χ0v) is 10.4. The van der Waals surface area contributed by atoms with Gasteiger partial charge in [0.25, 0.3) is 0 Å². The van der Waals surface area contributed by atoms with E-state index in [1.165, 1.54) is 0 Å². The fraction of sp³-hybridized carbons (Fsp3) is 0.462. The lowest BCUT2D eigenvalue weighted by atomic mass is 10.1. The Morgan fingerprint density at radius 1 is 1.38 bits per heavy atom. The number of hydrogen-bond acceptors (Lipinski definition) is 2. The third-order valence-corrected chi connectivity index (χ3v) is 2.68. The highest BCUT2D eigenvalue weighted by molar-refractivity contribution is 5.98. The average Bonchev–Trinajstić information content (AvgIpc) is 2.22. The van der Waals surface area contributed by atoms with E-state index in [1.807, 2.05) is 39.0 Å². The van der Waals surface area contributed by atoms with Gasteiger partial charge in [-0.3, -0.25) is 4.79 Å². The number of para-hydroxylation sites is 1. The molecule has 0 spiro atoms. The van der Waals surface area contributed by atoms with E-state index in [-0.39, 0.29) is 5.91 Å². The van der Waals surface area contributed by atoms with Crippen molar-refractivity contribution in [1.29, 1.82) is 0 Å². The van der Waals surface area contributed by atoms with Crippen molar-refractivity contribution in [2.75, 3.05) is 11.4 Å². The lowest BCUT2D eigenvalue weighted by Crippen LogP contribution is -2.42. The second-order valence-electron chi connectivity index (χ2n) is 4.11. The fourth-order valence-corrected chi connectivity index (χ4v) is 1.90. The van der Waals surface area contributed by atoms with E-state index in [0.29, 0.717) is 6.54 Å². The first-order chi connectivity index (χ1) is 7.49. The van der Waals surface area contributed by atoms with Gasteiger partial charge in [-0.1, -0.05) is 18.2 Å². The van der Waals surface area contributed by atoms with Crippen molar-refractivity contribution in [2.24, 2.45) is 5.73 Å². The topological polar surface area (TPSA) is 46.3 Å². The van der Waals surface area contributed by atoms with E-state index in [4.69, 9.17) is 5.73 Å². The van der Waals surface area contributed by atoms with Gasteiger partial charge in [-0.25, -0.2) is 0 Å². The van der Waals surface area contributed by atoms with Crippen LogP contribution in [-0.2, 0) is 4.79 Å². The van der Waals surface area contributed by atoms with E-state index in [0.717, 1.165) is 16.8 Å². The molecule has 0 unspecified atom stereocenters. The lowest BCUT2D eigenvalue weighted by Gasteiger charge is -2.26. The van der Waals surface area contributed by atoms with Crippen LogP contribution in [0.3, 0.4) is 0 Å². The van der Waals surface area contributed by atoms with Crippen LogP contribution in [0.25, 0.3) is 0 Å². The number of benzene rings is 1. The maximum Gasteiger partial charge on any atom is 0.243 e. The molecule has 0 bridgehead atoms. The minimum absolute atomic E-state index is 0.0279. The van der Waals surface area contributed by atoms with Crippen LogP contribution in [0.2, 0.25) is 0 Å². The predicted octanol–water partition coefficient (Wildman–Crippen LogP) is 2.00. The first-order valence-corrected chi connectivity index (χ1v) is 5.62. The Morgan fingerprint density at radius 3 is 2.25 bits per heavy atom. The molecular formula is C13H20N2O. The Labute approximate surface area is 97.2 Å². The standard InChI is InChI=1S/C13H20N2O/c1-5-15(13(16)11(4)14)12-9(2)7-6-8-10(12)3/h6-8,11H,5,14H2,1-4H3/t11-/m1/s1. The molecule has 0 radical (unpaired) electrons. The summed E-state index contributed by atoms with van der Waals surface area (Å²) in [6.45, 7) is 8.36. The molecule has 2 N–H and O–H groups in total. The maximum atomic E-state index is 12.0. The fourth-order valence-electron chi connectivity index (χ4n) is 1.90. The van der Waals surface area contributed by atoms with Gasteiger partial charge in [-0.2, -0.15) is 0 Å². The van der Waals surface area contributed by atoms with E-state index in [2.05, 4.69) is 0 Å². The molecule has 1 aromatic carbocycles. The van der Waals surface area contributed by atoms with Crippen molar-refractivity contribution in [3.8, 4) is 0 Å². The van der Waals surface area contributed by atoms with Gasteiger partial charge in [0.2, 0.25) is 5.91 Å². The molecule has 88 valence electrons. The molecular weight excluding hydrogens is 200 g/mol. The molecule has 0 aliphatic rings. The summed E-state index contributed by atoms with van der Waals surface area (Å²) in [4.78, 5) is 13.7. The van der Waals surface area contributed by atoms with Crippen LogP contribution in [0.1, 0.15) is 25.0 Å². The number of likely N-dealkylation sites (N-methyl/N-ethyl adjacent to an activating group) is 1. The highest BCUT2D eigenvalue weighted by atomic mass is 16.2. The SMILES string of the molecule is CCN(C(=O)[C@@H](C)N)c1c(C)cccc1C. The van der Waals surface area contributed by atoms with E-state index in [1.54, 1.807) is 11.8 Å². The van der Waals surface area contributed by atoms with Crippen molar-refractivity contribution in [3.63, 3.8) is 0 Å². The number of rotatable bonds is 3. The molecule has 0 saturated carbocycles. The monoisotopic (exact) mass is 220 g/mol. The summed E-state index contributed by atoms with van der Waals surface area (Å²) in [5.74, 6) is -0.0279. The van der Waals surface area contributed by atoms with Crippen molar-refractivity contribution >= 4 is 11.6 Å². The minimum atomic E-state index is -0.459. The number of anilines is 1. The number of nitrogens with zero attached hydrogens (tertiary/aromatic N) is 1. The summed E-state index contributed by atoms with van der Waals surface area (Å²) in [6.07, 6.45) is 0. The second-order valence-corrected chi connectivity index (χ2v) is 4.11. The van der Waals surface area contributed by atoms with Gasteiger partial charge in [0.1, 0.15) is 0 Å². The average molecular weight is 220 g/mol. The van der Waals surface area contributed by atoms with Gasteiger partial charge in [0.05, 0.1) is 6.04 Å². The van der Waals surface area contributed by atoms with Gasteiger partial charge in [0, 0.05) is 12.2 Å². The quantitative estimate of drug-likeness (QED) is 0.847. The van der Waals surface area contributed by atoms with Crippen LogP contribution in [0.5, 0.6) is 0 Å². The normalized spacial score (nSPS) is 12.3. The summed E-state index contributed by atoms with van der Waals surface area (Å²) in [6, 6.07) is 5.57. The number of amides is 1. The summed E-state index contributed by atoms with van der Waals surface area (Å²) in [7, 11) is 0. The molecule has 0 fully saturated rings. The molecule has 3 heteroatoms. The van der Waals surface area contributed by atoms with Gasteiger partial charge < -0.3 is 10.6 Å². The highest BCUT2D eigenvalue weighted by Crippen LogP contribution is 2.24. The van der Waals surface area contributed by atoms with Crippen LogP contribution in [0.4, 0.5) is 5.69 Å². The Morgan fingerprint density at radius 2 is 1.88 bits per heavy atom. The third-order valence-electron chi connectivity index (χ3n) is 2.68. The minimum Gasteiger partial charge on any atom is -0.320 e. The Hall–Kier alpha value is -1.35. The predicted molar refractivity (Wildman–Crippen MR) is 67.6 cm³/mol. The Balaban J connectivity index is 3.18. The molecule has 1 aromatic rings. The van der Waals surface area contributed by atoms with Crippen LogP contribution >= 0.6 is 0 Å². The van der Waals surface area contributed by atoms with E-state index in [9.17, 15) is 4.79 Å². The number of carbonyl (C=O) groups excluding carboxylic acids is 1. The summed E-state index contributed by atoms with van der Waals surface area (Å²) < 4.78 is 0. The van der Waals surface area contributed by atoms with Crippen LogP contribution < -0.4 is 10.6 Å². The molecule has 1 atom stereocenters. The molecule has 0 saturated heterocycles. The highest BCUT2D eigenvalue weighted by Gasteiger charge is 2.20. The van der Waals surface area contributed by atoms with Crippen molar-refractivity contribution < 1.29 is 4.79 Å². The van der Waals surface area contributed by atoms with Crippen LogP contribution in [0.15, 0.2) is 18.2 Å². The molecule has 0 aliphatic heterocycles. The lowest BCUT2D eigenvalue weighted by molar-refractivity contribution is -0.119. The summed E-state index contributed by atoms with van der Waals surface area (Å²) in [5, 5.41) is 0. The zero-order chi connectivity index (χ0) is 12.3. The van der Waals surface area contributed by atoms with Gasteiger partial charge in [0.15, 0.2) is 0 Å². The Kier molecular flexibility index (Phi) is 4.07. The third kappa shape index (κ3) is 2.42. The van der Waals surface area contributed by atoms with Gasteiger partial charge >= 0.3 is 0 Å². The first-order valence-electron chi connectivity index (χ1n) is 5.62. The van der Waals surface area contributed by atoms with Crippen LogP contribution in [-0.4, -0.2) is 18.5 Å². The van der Waals surface area contributed by atoms with Gasteiger partial charge in [-0.15, -0.1) is 0 Å². The van der Waals surface area contributed by atoms with Crippen LogP contribution in [0, 0.1) is 13.8 Å². The number of hydrogen-bond donors (Lipinski definition) is 1. The molecule has 3 nitrogen and oxygen atoms in total. The first kappa shape index (κ1) is 12.7. The van der Waals surface area contributed by atoms with Crippen molar-refractivity contribution in [1.82, 2.24) is 0 Å². The summed E-state index contributed by atoms with van der Waals surface area (Å²) >= 11 is 0. The van der Waals surface area contributed by atoms with E-state index < -0.39 is 6.04 Å². The molecule has 16 heavy (non-hydrogen) atoms. The number of aryl methyl sites for hydroxylation is 2. The van der Waals surface area contributed by atoms with E-state index >= 15 is 0 Å². The molecule has 1 amide bonds. The van der Waals surface area contributed by atoms with Crippen molar-refractivity contribution in [2.45, 2.75) is 33.7 Å². The molecule has 0 heterocycles. The summed E-state index contributed by atoms with van der Waals surface area (Å²) in [5.41, 5.74) is 8.87. The number of carbonyl (C=O) groups is 1. The molecule has 0 aromatic heterocycles.